The summed E-state index contributed by atoms with van der Waals surface area (Å²) in [5.41, 5.74) is 0. The van der Waals surface area contributed by atoms with Gasteiger partial charge in [0.25, 0.3) is 0 Å². The molecular formula is C10H20CdO12. The van der Waals surface area contributed by atoms with E-state index in [2.05, 4.69) is 0 Å². The SMILES string of the molecule is O=C(O)[C@H](O)[C@H](O)[C@H](O)CO.O=C(O)[C@H](O)[C@H](O)[C@H](O)CO.[Cd]. The predicted molar refractivity (Wildman–Crippen MR) is 65.5 cm³/mol. The minimum absolute atomic E-state index is 0. The van der Waals surface area contributed by atoms with Crippen LogP contribution in [0.15, 0.2) is 0 Å². The van der Waals surface area contributed by atoms with Gasteiger partial charge in [0.2, 0.25) is 0 Å². The van der Waals surface area contributed by atoms with Gasteiger partial charge in [-0.2, -0.15) is 0 Å². The van der Waals surface area contributed by atoms with Gasteiger partial charge in [0.1, 0.15) is 24.4 Å². The van der Waals surface area contributed by atoms with Crippen LogP contribution >= 0.6 is 0 Å². The standard InChI is InChI=1S/2C5H10O6.Cd/c2*6-1-2(7)3(8)4(9)5(10)11;/h2*2-4,6-9H,1H2,(H,10,11);/t2*2-,3-,4-;/m11./s1. The van der Waals surface area contributed by atoms with Crippen molar-refractivity contribution < 1.29 is 88.0 Å². The third kappa shape index (κ3) is 10.8. The Morgan fingerprint density at radius 1 is 0.652 bits per heavy atom. The second-order valence-electron chi connectivity index (χ2n) is 4.05. The Bertz CT molecular complexity index is 308. The Balaban J connectivity index is -0.000000333. The van der Waals surface area contributed by atoms with Crippen molar-refractivity contribution >= 4 is 11.9 Å². The molecule has 23 heavy (non-hydrogen) atoms. The van der Waals surface area contributed by atoms with E-state index in [1.807, 2.05) is 0 Å². The molecule has 6 atom stereocenters. The Morgan fingerprint density at radius 3 is 1.00 bits per heavy atom. The zero-order valence-corrected chi connectivity index (χ0v) is 15.9. The Hall–Kier alpha value is -0.458. The Kier molecular flexibility index (Phi) is 16.6. The van der Waals surface area contributed by atoms with Crippen molar-refractivity contribution in [3.8, 4) is 0 Å². The van der Waals surface area contributed by atoms with Crippen LogP contribution < -0.4 is 0 Å². The van der Waals surface area contributed by atoms with E-state index in [9.17, 15) is 9.59 Å². The van der Waals surface area contributed by atoms with E-state index in [4.69, 9.17) is 51.1 Å². The molecule has 0 aromatic rings. The molecule has 0 heterocycles. The van der Waals surface area contributed by atoms with E-state index >= 15 is 0 Å². The van der Waals surface area contributed by atoms with Crippen LogP contribution in [-0.2, 0) is 36.9 Å². The van der Waals surface area contributed by atoms with E-state index in [0.29, 0.717) is 0 Å². The molecule has 134 valence electrons. The molecule has 0 aliphatic rings. The monoisotopic (exact) mass is 446 g/mol. The van der Waals surface area contributed by atoms with Crippen LogP contribution in [0.2, 0.25) is 0 Å². The summed E-state index contributed by atoms with van der Waals surface area (Å²) in [6.45, 7) is -1.60. The molecule has 0 rings (SSSR count). The molecule has 0 aliphatic heterocycles. The topological polar surface area (TPSA) is 236 Å². The van der Waals surface area contributed by atoms with Crippen molar-refractivity contribution in [2.75, 3.05) is 13.2 Å². The first-order valence-electron chi connectivity index (χ1n) is 5.76. The molecule has 0 fully saturated rings. The molecular weight excluding hydrogens is 425 g/mol. The summed E-state index contributed by atoms with van der Waals surface area (Å²) in [6.07, 6.45) is -11.1. The van der Waals surface area contributed by atoms with Gasteiger partial charge in [-0.3, -0.25) is 0 Å². The van der Waals surface area contributed by atoms with E-state index in [-0.39, 0.29) is 27.3 Å². The molecule has 0 aromatic carbocycles. The number of carboxylic acid groups (broad SMARTS) is 2. The fourth-order valence-corrected chi connectivity index (χ4v) is 0.929. The number of hydrogen-bond donors (Lipinski definition) is 10. The molecule has 12 nitrogen and oxygen atoms in total. The number of aliphatic carboxylic acids is 2. The second-order valence-corrected chi connectivity index (χ2v) is 4.05. The van der Waals surface area contributed by atoms with Gasteiger partial charge >= 0.3 is 11.9 Å². The number of aliphatic hydroxyl groups is 8. The molecule has 0 aromatic heterocycles. The van der Waals surface area contributed by atoms with Crippen LogP contribution in [-0.4, -0.2) is 113 Å². The maximum atomic E-state index is 9.96. The third-order valence-electron chi connectivity index (χ3n) is 2.32. The molecule has 0 amide bonds. The average molecular weight is 445 g/mol. The van der Waals surface area contributed by atoms with E-state index in [0.717, 1.165) is 0 Å². The second kappa shape index (κ2) is 13.9. The summed E-state index contributed by atoms with van der Waals surface area (Å²) < 4.78 is 0. The summed E-state index contributed by atoms with van der Waals surface area (Å²) in [7, 11) is 0. The summed E-state index contributed by atoms with van der Waals surface area (Å²) in [5, 5.41) is 84.5. The average Bonchev–Trinajstić information content (AvgIpc) is 2.50. The number of rotatable bonds is 8. The van der Waals surface area contributed by atoms with Gasteiger partial charge in [-0.25, -0.2) is 9.59 Å². The number of carbonyl (C=O) groups is 2. The zero-order valence-electron chi connectivity index (χ0n) is 11.9. The predicted octanol–water partition coefficient (Wildman–Crippen LogP) is -5.71. The number of hydrogen-bond acceptors (Lipinski definition) is 10. The molecule has 0 saturated heterocycles. The molecule has 0 saturated carbocycles. The first kappa shape index (κ1) is 27.4. The van der Waals surface area contributed by atoms with Crippen molar-refractivity contribution in [1.29, 1.82) is 0 Å². The van der Waals surface area contributed by atoms with Gasteiger partial charge in [-0.15, -0.1) is 0 Å². The van der Waals surface area contributed by atoms with Gasteiger partial charge in [0.05, 0.1) is 13.2 Å². The summed E-state index contributed by atoms with van der Waals surface area (Å²) in [6, 6.07) is 0. The molecule has 0 bridgehead atoms. The van der Waals surface area contributed by atoms with E-state index < -0.39 is 61.8 Å². The number of aliphatic hydroxyl groups excluding tert-OH is 8. The van der Waals surface area contributed by atoms with E-state index in [1.165, 1.54) is 0 Å². The quantitative estimate of drug-likeness (QED) is 0.158. The smallest absolute Gasteiger partial charge is 0.335 e. The van der Waals surface area contributed by atoms with Crippen LogP contribution in [0.4, 0.5) is 0 Å². The van der Waals surface area contributed by atoms with Gasteiger partial charge in [0, 0.05) is 27.3 Å². The van der Waals surface area contributed by atoms with Gasteiger partial charge in [-0.05, 0) is 0 Å². The Morgan fingerprint density at radius 2 is 0.870 bits per heavy atom. The first-order chi connectivity index (χ1) is 10.0. The summed E-state index contributed by atoms with van der Waals surface area (Å²) in [4.78, 5) is 19.9. The van der Waals surface area contributed by atoms with Crippen LogP contribution in [0.3, 0.4) is 0 Å². The minimum Gasteiger partial charge on any atom is -0.479 e. The van der Waals surface area contributed by atoms with Crippen molar-refractivity contribution in [1.82, 2.24) is 0 Å². The zero-order chi connectivity index (χ0) is 18.0. The maximum Gasteiger partial charge on any atom is 0.335 e. The van der Waals surface area contributed by atoms with Crippen molar-refractivity contribution in [2.45, 2.75) is 36.6 Å². The molecule has 0 unspecified atom stereocenters. The number of carboxylic acids is 2. The van der Waals surface area contributed by atoms with Gasteiger partial charge in [0.15, 0.2) is 12.2 Å². The van der Waals surface area contributed by atoms with Crippen LogP contribution in [0.5, 0.6) is 0 Å². The fourth-order valence-electron chi connectivity index (χ4n) is 0.929. The minimum atomic E-state index is -2.07. The van der Waals surface area contributed by atoms with Crippen LogP contribution in [0, 0.1) is 0 Å². The van der Waals surface area contributed by atoms with Crippen molar-refractivity contribution in [3.63, 3.8) is 0 Å². The maximum absolute atomic E-state index is 9.96. The van der Waals surface area contributed by atoms with Crippen molar-refractivity contribution in [2.24, 2.45) is 0 Å². The molecule has 0 radical (unpaired) electrons. The fraction of sp³-hybridized carbons (Fsp3) is 0.800. The molecule has 10 N–H and O–H groups in total. The van der Waals surface area contributed by atoms with Crippen LogP contribution in [0.1, 0.15) is 0 Å². The molecule has 0 spiro atoms. The normalized spacial score (nSPS) is 18.1. The summed E-state index contributed by atoms with van der Waals surface area (Å²) in [5.74, 6) is -3.30. The summed E-state index contributed by atoms with van der Waals surface area (Å²) >= 11 is 0. The third-order valence-corrected chi connectivity index (χ3v) is 2.32. The van der Waals surface area contributed by atoms with Crippen molar-refractivity contribution in [3.05, 3.63) is 0 Å². The van der Waals surface area contributed by atoms with Crippen LogP contribution in [0.25, 0.3) is 0 Å². The van der Waals surface area contributed by atoms with E-state index in [1.54, 1.807) is 0 Å². The largest absolute Gasteiger partial charge is 0.479 e. The van der Waals surface area contributed by atoms with Gasteiger partial charge in [-0.1, -0.05) is 0 Å². The molecule has 13 heteroatoms. The molecule has 0 aliphatic carbocycles. The Labute approximate surface area is 150 Å². The first-order valence-corrected chi connectivity index (χ1v) is 5.76. The van der Waals surface area contributed by atoms with Gasteiger partial charge < -0.3 is 51.1 Å².